The molecule has 3 aromatic rings. The van der Waals surface area contributed by atoms with Crippen molar-refractivity contribution in [2.75, 3.05) is 48.4 Å². The highest BCUT2D eigenvalue weighted by atomic mass is 16.5. The highest BCUT2D eigenvalue weighted by Gasteiger charge is 2.17. The van der Waals surface area contributed by atoms with Crippen LogP contribution >= 0.6 is 0 Å². The van der Waals surface area contributed by atoms with Gasteiger partial charge in [0.25, 0.3) is 0 Å². The molecule has 0 bridgehead atoms. The first-order valence-corrected chi connectivity index (χ1v) is 10.1. The maximum absolute atomic E-state index is 5.50. The number of morpholine rings is 1. The third-order valence-electron chi connectivity index (χ3n) is 5.24. The molecule has 9 nitrogen and oxygen atoms in total. The second-order valence-electron chi connectivity index (χ2n) is 7.43. The largest absolute Gasteiger partial charge is 0.378 e. The van der Waals surface area contributed by atoms with E-state index in [9.17, 15) is 0 Å². The lowest BCUT2D eigenvalue weighted by atomic mass is 10.1. The average molecular weight is 404 g/mol. The number of allylic oxidation sites excluding steroid dienone is 1. The number of aliphatic imine (C=N–C) groups is 1. The van der Waals surface area contributed by atoms with Gasteiger partial charge in [-0.05, 0) is 12.1 Å². The third-order valence-corrected chi connectivity index (χ3v) is 5.24. The maximum atomic E-state index is 5.50. The molecule has 1 unspecified atom stereocenters. The molecule has 1 saturated heterocycles. The van der Waals surface area contributed by atoms with Crippen LogP contribution in [0.5, 0.6) is 0 Å². The Hall–Kier alpha value is -3.46. The van der Waals surface area contributed by atoms with Crippen LogP contribution in [-0.4, -0.2) is 58.4 Å². The standard InChI is InChI=1S/C21H24N8O/c1-15-14-22-4-2-17(15)25-21-26-18(13-20(27-21)29-8-10-30-11-9-29)24-16-3-6-28-7-5-23-19(28)12-16/h2-7,12-13,15H,8-11,14H2,1H3,(H2,24,25,26,27). The molecule has 0 aliphatic carbocycles. The van der Waals surface area contributed by atoms with E-state index in [-0.39, 0.29) is 0 Å². The molecule has 3 aromatic heterocycles. The highest BCUT2D eigenvalue weighted by molar-refractivity contribution is 5.74. The predicted molar refractivity (Wildman–Crippen MR) is 118 cm³/mol. The summed E-state index contributed by atoms with van der Waals surface area (Å²) in [6.07, 6.45) is 9.49. The molecule has 1 atom stereocenters. The van der Waals surface area contributed by atoms with Crippen molar-refractivity contribution in [1.29, 1.82) is 0 Å². The predicted octanol–water partition coefficient (Wildman–Crippen LogP) is 2.72. The van der Waals surface area contributed by atoms with Gasteiger partial charge in [0.15, 0.2) is 0 Å². The van der Waals surface area contributed by atoms with Crippen molar-refractivity contribution in [3.8, 4) is 0 Å². The Morgan fingerprint density at radius 3 is 2.87 bits per heavy atom. The van der Waals surface area contributed by atoms with Gasteiger partial charge < -0.3 is 24.7 Å². The van der Waals surface area contributed by atoms with Crippen LogP contribution in [0, 0.1) is 5.92 Å². The molecular formula is C21H24N8O. The molecule has 5 heterocycles. The number of imidazole rings is 1. The molecular weight excluding hydrogens is 380 g/mol. The lowest BCUT2D eigenvalue weighted by Crippen LogP contribution is -2.37. The van der Waals surface area contributed by atoms with Gasteiger partial charge >= 0.3 is 0 Å². The lowest BCUT2D eigenvalue weighted by molar-refractivity contribution is 0.122. The zero-order chi connectivity index (χ0) is 20.3. The maximum Gasteiger partial charge on any atom is 0.230 e. The van der Waals surface area contributed by atoms with E-state index in [0.29, 0.717) is 25.1 Å². The molecule has 2 aliphatic heterocycles. The second-order valence-corrected chi connectivity index (χ2v) is 7.43. The number of anilines is 4. The summed E-state index contributed by atoms with van der Waals surface area (Å²) in [4.78, 5) is 20.4. The van der Waals surface area contributed by atoms with Gasteiger partial charge in [0.2, 0.25) is 5.95 Å². The Balaban J connectivity index is 1.46. The summed E-state index contributed by atoms with van der Waals surface area (Å²) in [6, 6.07) is 5.97. The van der Waals surface area contributed by atoms with Crippen LogP contribution in [0.4, 0.5) is 23.3 Å². The molecule has 154 valence electrons. The molecule has 0 aromatic carbocycles. The fourth-order valence-electron chi connectivity index (χ4n) is 3.55. The molecule has 5 rings (SSSR count). The SMILES string of the molecule is CC1CN=CC=C1Nc1nc(Nc2ccn3ccnc3c2)cc(N2CCOCC2)n1. The van der Waals surface area contributed by atoms with E-state index in [1.165, 1.54) is 0 Å². The highest BCUT2D eigenvalue weighted by Crippen LogP contribution is 2.25. The molecule has 2 aliphatic rings. The van der Waals surface area contributed by atoms with Gasteiger partial charge in [0.1, 0.15) is 17.3 Å². The van der Waals surface area contributed by atoms with E-state index in [0.717, 1.165) is 48.3 Å². The summed E-state index contributed by atoms with van der Waals surface area (Å²) >= 11 is 0. The van der Waals surface area contributed by atoms with Crippen molar-refractivity contribution in [3.05, 3.63) is 48.6 Å². The minimum atomic E-state index is 0.296. The number of hydrogen-bond acceptors (Lipinski definition) is 8. The van der Waals surface area contributed by atoms with Crippen molar-refractivity contribution in [3.63, 3.8) is 0 Å². The molecule has 2 N–H and O–H groups in total. The Bertz CT molecular complexity index is 1100. The summed E-state index contributed by atoms with van der Waals surface area (Å²) in [7, 11) is 0. The average Bonchev–Trinajstić information content (AvgIpc) is 3.24. The molecule has 0 spiro atoms. The van der Waals surface area contributed by atoms with Gasteiger partial charge in [-0.2, -0.15) is 9.97 Å². The lowest BCUT2D eigenvalue weighted by Gasteiger charge is -2.28. The van der Waals surface area contributed by atoms with Crippen LogP contribution in [-0.2, 0) is 4.74 Å². The number of aromatic nitrogens is 4. The number of hydrogen-bond donors (Lipinski definition) is 2. The number of rotatable bonds is 5. The number of nitrogens with one attached hydrogen (secondary N) is 2. The Kier molecular flexibility index (Phi) is 5.02. The number of pyridine rings is 1. The normalized spacial score (nSPS) is 19.0. The minimum absolute atomic E-state index is 0.296. The molecule has 1 fully saturated rings. The molecule has 9 heteroatoms. The summed E-state index contributed by atoms with van der Waals surface area (Å²) in [5, 5.41) is 6.80. The summed E-state index contributed by atoms with van der Waals surface area (Å²) < 4.78 is 7.46. The first-order valence-electron chi connectivity index (χ1n) is 10.1. The van der Waals surface area contributed by atoms with Crippen LogP contribution in [0.3, 0.4) is 0 Å². The van der Waals surface area contributed by atoms with Gasteiger partial charge in [-0.15, -0.1) is 0 Å². The quantitative estimate of drug-likeness (QED) is 0.675. The Morgan fingerprint density at radius 1 is 1.10 bits per heavy atom. The van der Waals surface area contributed by atoms with Crippen molar-refractivity contribution in [1.82, 2.24) is 19.4 Å². The zero-order valence-corrected chi connectivity index (χ0v) is 16.8. The summed E-state index contributed by atoms with van der Waals surface area (Å²) in [5.41, 5.74) is 2.86. The fourth-order valence-corrected chi connectivity index (χ4v) is 3.55. The Morgan fingerprint density at radius 2 is 2.00 bits per heavy atom. The first kappa shape index (κ1) is 18.6. The zero-order valence-electron chi connectivity index (χ0n) is 16.8. The van der Waals surface area contributed by atoms with Crippen LogP contribution in [0.1, 0.15) is 6.92 Å². The summed E-state index contributed by atoms with van der Waals surface area (Å²) in [6.45, 7) is 5.91. The minimum Gasteiger partial charge on any atom is -0.378 e. The molecule has 30 heavy (non-hydrogen) atoms. The monoisotopic (exact) mass is 404 g/mol. The Labute approximate surface area is 174 Å². The van der Waals surface area contributed by atoms with E-state index in [2.05, 4.69) is 32.4 Å². The van der Waals surface area contributed by atoms with Crippen molar-refractivity contribution < 1.29 is 4.74 Å². The molecule has 0 amide bonds. The molecule has 0 radical (unpaired) electrons. The van der Waals surface area contributed by atoms with E-state index in [4.69, 9.17) is 14.7 Å². The second kappa shape index (κ2) is 8.11. The number of dihydropyridines is 1. The van der Waals surface area contributed by atoms with Gasteiger partial charge in [-0.1, -0.05) is 6.92 Å². The van der Waals surface area contributed by atoms with Crippen molar-refractivity contribution >= 4 is 35.1 Å². The van der Waals surface area contributed by atoms with E-state index in [1.54, 1.807) is 6.20 Å². The van der Waals surface area contributed by atoms with Gasteiger partial charge in [-0.3, -0.25) is 4.99 Å². The van der Waals surface area contributed by atoms with Gasteiger partial charge in [0, 0.05) is 73.9 Å². The van der Waals surface area contributed by atoms with Crippen molar-refractivity contribution in [2.45, 2.75) is 6.92 Å². The van der Waals surface area contributed by atoms with Crippen LogP contribution in [0.15, 0.2) is 53.6 Å². The van der Waals surface area contributed by atoms with Crippen LogP contribution in [0.2, 0.25) is 0 Å². The molecule has 0 saturated carbocycles. The first-order chi connectivity index (χ1) is 14.7. The summed E-state index contributed by atoms with van der Waals surface area (Å²) in [5.74, 6) is 2.46. The van der Waals surface area contributed by atoms with E-state index < -0.39 is 0 Å². The van der Waals surface area contributed by atoms with Crippen LogP contribution in [0.25, 0.3) is 5.65 Å². The van der Waals surface area contributed by atoms with Crippen LogP contribution < -0.4 is 15.5 Å². The van der Waals surface area contributed by atoms with E-state index in [1.807, 2.05) is 47.3 Å². The smallest absolute Gasteiger partial charge is 0.230 e. The number of ether oxygens (including phenoxy) is 1. The van der Waals surface area contributed by atoms with Gasteiger partial charge in [-0.25, -0.2) is 4.98 Å². The van der Waals surface area contributed by atoms with E-state index >= 15 is 0 Å². The third kappa shape index (κ3) is 3.97. The topological polar surface area (TPSA) is 92.0 Å². The van der Waals surface area contributed by atoms with Gasteiger partial charge in [0.05, 0.1) is 13.2 Å². The van der Waals surface area contributed by atoms with Crippen molar-refractivity contribution in [2.24, 2.45) is 10.9 Å². The number of fused-ring (bicyclic) bond motifs is 1. The fraction of sp³-hybridized carbons (Fsp3) is 0.333. The number of nitrogens with zero attached hydrogens (tertiary/aromatic N) is 6.